The van der Waals surface area contributed by atoms with E-state index in [1.807, 2.05) is 6.92 Å². The van der Waals surface area contributed by atoms with Crippen molar-refractivity contribution in [2.24, 2.45) is 0 Å². The maximum Gasteiger partial charge on any atom is 0.202 e. The Kier molecular flexibility index (Phi) is 5.34. The van der Waals surface area contributed by atoms with Gasteiger partial charge < -0.3 is 15.3 Å². The van der Waals surface area contributed by atoms with E-state index in [4.69, 9.17) is 0 Å². The van der Waals surface area contributed by atoms with Gasteiger partial charge in [0.25, 0.3) is 0 Å². The molecule has 0 aromatic carbocycles. The molecule has 2 rings (SSSR count). The number of nitrogens with one attached hydrogen (secondary N) is 1. The molecule has 102 valence electrons. The molecule has 0 spiro atoms. The number of nitrogens with zero attached hydrogens (tertiary/aromatic N) is 3. The largest absolute Gasteiger partial charge is 0.390 e. The van der Waals surface area contributed by atoms with Gasteiger partial charge in [0.1, 0.15) is 5.82 Å². The summed E-state index contributed by atoms with van der Waals surface area (Å²) in [6, 6.07) is 0. The van der Waals surface area contributed by atoms with Gasteiger partial charge in [-0.2, -0.15) is 4.37 Å². The first-order valence-electron chi connectivity index (χ1n) is 6.75. The van der Waals surface area contributed by atoms with Gasteiger partial charge in [-0.25, -0.2) is 4.98 Å². The fourth-order valence-corrected chi connectivity index (χ4v) is 2.83. The molecule has 6 heteroatoms. The standard InChI is InChI=1S/C12H22N4OS/c1-2-11-14-12(18-15-11)13-8-10(17)9-16-6-4-3-5-7-16/h10,17H,2-9H2,1H3,(H,13,14,15)/t10-/m1/s1. The van der Waals surface area contributed by atoms with Crippen LogP contribution in [-0.2, 0) is 6.42 Å². The van der Waals surface area contributed by atoms with Crippen molar-refractivity contribution in [3.8, 4) is 0 Å². The number of rotatable bonds is 6. The number of anilines is 1. The van der Waals surface area contributed by atoms with Gasteiger partial charge in [0.15, 0.2) is 0 Å². The molecule has 1 saturated heterocycles. The first kappa shape index (κ1) is 13.7. The summed E-state index contributed by atoms with van der Waals surface area (Å²) in [6.45, 7) is 5.59. The van der Waals surface area contributed by atoms with Crippen molar-refractivity contribution >= 4 is 16.7 Å². The average molecular weight is 270 g/mol. The molecular weight excluding hydrogens is 248 g/mol. The second kappa shape index (κ2) is 7.01. The van der Waals surface area contributed by atoms with E-state index in [1.54, 1.807) is 0 Å². The zero-order chi connectivity index (χ0) is 12.8. The highest BCUT2D eigenvalue weighted by Gasteiger charge is 2.14. The lowest BCUT2D eigenvalue weighted by atomic mass is 10.1. The van der Waals surface area contributed by atoms with Crippen LogP contribution in [0.1, 0.15) is 32.0 Å². The van der Waals surface area contributed by atoms with Crippen LogP contribution in [0.15, 0.2) is 0 Å². The van der Waals surface area contributed by atoms with Crippen molar-refractivity contribution in [3.63, 3.8) is 0 Å². The van der Waals surface area contributed by atoms with E-state index in [0.717, 1.165) is 37.0 Å². The van der Waals surface area contributed by atoms with Crippen LogP contribution in [-0.4, -0.2) is 51.6 Å². The topological polar surface area (TPSA) is 61.3 Å². The molecule has 1 atom stereocenters. The molecule has 0 aliphatic carbocycles. The van der Waals surface area contributed by atoms with E-state index in [9.17, 15) is 5.11 Å². The molecule has 18 heavy (non-hydrogen) atoms. The maximum absolute atomic E-state index is 9.98. The van der Waals surface area contributed by atoms with E-state index >= 15 is 0 Å². The van der Waals surface area contributed by atoms with Crippen molar-refractivity contribution in [2.45, 2.75) is 38.7 Å². The molecule has 0 radical (unpaired) electrons. The summed E-state index contributed by atoms with van der Waals surface area (Å²) in [5, 5.41) is 13.9. The number of hydrogen-bond acceptors (Lipinski definition) is 6. The third-order valence-electron chi connectivity index (χ3n) is 3.19. The minimum Gasteiger partial charge on any atom is -0.390 e. The molecule has 1 aliphatic rings. The highest BCUT2D eigenvalue weighted by molar-refractivity contribution is 7.09. The Bertz CT molecular complexity index is 352. The fraction of sp³-hybridized carbons (Fsp3) is 0.833. The Labute approximate surface area is 112 Å². The van der Waals surface area contributed by atoms with E-state index in [2.05, 4.69) is 19.6 Å². The summed E-state index contributed by atoms with van der Waals surface area (Å²) >= 11 is 1.37. The molecule has 2 N–H and O–H groups in total. The first-order valence-corrected chi connectivity index (χ1v) is 7.52. The van der Waals surface area contributed by atoms with Crippen molar-refractivity contribution in [1.82, 2.24) is 14.3 Å². The number of aromatic nitrogens is 2. The van der Waals surface area contributed by atoms with Crippen molar-refractivity contribution < 1.29 is 5.11 Å². The summed E-state index contributed by atoms with van der Waals surface area (Å²) in [5.41, 5.74) is 0. The second-order valence-electron chi connectivity index (χ2n) is 4.77. The number of likely N-dealkylation sites (tertiary alicyclic amines) is 1. The van der Waals surface area contributed by atoms with E-state index < -0.39 is 0 Å². The van der Waals surface area contributed by atoms with Gasteiger partial charge in [-0.1, -0.05) is 13.3 Å². The van der Waals surface area contributed by atoms with E-state index in [-0.39, 0.29) is 6.10 Å². The minimum absolute atomic E-state index is 0.336. The van der Waals surface area contributed by atoms with Crippen LogP contribution in [0.4, 0.5) is 5.13 Å². The Morgan fingerprint density at radius 2 is 2.17 bits per heavy atom. The highest BCUT2D eigenvalue weighted by atomic mass is 32.1. The third-order valence-corrected chi connectivity index (χ3v) is 3.90. The van der Waals surface area contributed by atoms with Crippen molar-refractivity contribution in [1.29, 1.82) is 0 Å². The normalized spacial score (nSPS) is 18.8. The zero-order valence-corrected chi connectivity index (χ0v) is 11.7. The molecule has 0 amide bonds. The number of aliphatic hydroxyl groups is 1. The average Bonchev–Trinajstić information content (AvgIpc) is 2.85. The number of β-amino-alcohol motifs (C(OH)–C–C–N with tert-alkyl or cyclic N) is 1. The summed E-state index contributed by atoms with van der Waals surface area (Å²) in [6.07, 6.45) is 4.37. The molecule has 1 aliphatic heterocycles. The summed E-state index contributed by atoms with van der Waals surface area (Å²) in [7, 11) is 0. The molecule has 0 saturated carbocycles. The van der Waals surface area contributed by atoms with Crippen molar-refractivity contribution in [2.75, 3.05) is 31.5 Å². The highest BCUT2D eigenvalue weighted by Crippen LogP contribution is 2.12. The SMILES string of the molecule is CCc1nsc(NC[C@@H](O)CN2CCCCC2)n1. The maximum atomic E-state index is 9.98. The lowest BCUT2D eigenvalue weighted by Crippen LogP contribution is -2.39. The van der Waals surface area contributed by atoms with E-state index in [1.165, 1.54) is 30.8 Å². The van der Waals surface area contributed by atoms with Gasteiger partial charge >= 0.3 is 0 Å². The Morgan fingerprint density at radius 1 is 1.39 bits per heavy atom. The predicted molar refractivity (Wildman–Crippen MR) is 74.1 cm³/mol. The van der Waals surface area contributed by atoms with Crippen LogP contribution in [0, 0.1) is 0 Å². The van der Waals surface area contributed by atoms with Crippen LogP contribution >= 0.6 is 11.5 Å². The summed E-state index contributed by atoms with van der Waals surface area (Å²) < 4.78 is 4.20. The Balaban J connectivity index is 1.68. The van der Waals surface area contributed by atoms with Gasteiger partial charge in [0.2, 0.25) is 5.13 Å². The van der Waals surface area contributed by atoms with Gasteiger partial charge in [0.05, 0.1) is 6.10 Å². The van der Waals surface area contributed by atoms with Crippen LogP contribution in [0.5, 0.6) is 0 Å². The fourth-order valence-electron chi connectivity index (χ4n) is 2.18. The molecule has 1 aromatic rings. The first-order chi connectivity index (χ1) is 8.78. The quantitative estimate of drug-likeness (QED) is 0.817. The molecule has 1 fully saturated rings. The predicted octanol–water partition coefficient (Wildman–Crippen LogP) is 1.36. The lowest BCUT2D eigenvalue weighted by molar-refractivity contribution is 0.110. The number of aryl methyl sites for hydroxylation is 1. The second-order valence-corrected chi connectivity index (χ2v) is 5.52. The van der Waals surface area contributed by atoms with Crippen LogP contribution < -0.4 is 5.32 Å². The molecular formula is C12H22N4OS. The molecule has 2 heterocycles. The summed E-state index contributed by atoms with van der Waals surface area (Å²) in [4.78, 5) is 6.66. The van der Waals surface area contributed by atoms with Gasteiger partial charge in [-0.05, 0) is 25.9 Å². The minimum atomic E-state index is -0.336. The Hall–Kier alpha value is -0.720. The Morgan fingerprint density at radius 3 is 2.83 bits per heavy atom. The van der Waals surface area contributed by atoms with Gasteiger partial charge in [-0.15, -0.1) is 0 Å². The van der Waals surface area contributed by atoms with Crippen LogP contribution in [0.25, 0.3) is 0 Å². The van der Waals surface area contributed by atoms with E-state index in [0.29, 0.717) is 6.54 Å². The van der Waals surface area contributed by atoms with Crippen molar-refractivity contribution in [3.05, 3.63) is 5.82 Å². The zero-order valence-electron chi connectivity index (χ0n) is 10.9. The smallest absolute Gasteiger partial charge is 0.202 e. The third kappa shape index (κ3) is 4.19. The number of aliphatic hydroxyl groups excluding tert-OH is 1. The number of hydrogen-bond donors (Lipinski definition) is 2. The van der Waals surface area contributed by atoms with Gasteiger partial charge in [-0.3, -0.25) is 0 Å². The molecule has 1 aromatic heterocycles. The molecule has 5 nitrogen and oxygen atoms in total. The molecule has 0 bridgehead atoms. The van der Waals surface area contributed by atoms with Crippen LogP contribution in [0.2, 0.25) is 0 Å². The van der Waals surface area contributed by atoms with Crippen LogP contribution in [0.3, 0.4) is 0 Å². The lowest BCUT2D eigenvalue weighted by Gasteiger charge is -2.28. The number of piperidine rings is 1. The monoisotopic (exact) mass is 270 g/mol. The summed E-state index contributed by atoms with van der Waals surface area (Å²) in [5.74, 6) is 0.869. The molecule has 0 unspecified atom stereocenters. The van der Waals surface area contributed by atoms with Gasteiger partial charge in [0, 0.05) is 31.0 Å².